The van der Waals surface area contributed by atoms with Gasteiger partial charge in [0.1, 0.15) is 5.76 Å². The lowest BCUT2D eigenvalue weighted by Crippen LogP contribution is -2.38. The van der Waals surface area contributed by atoms with Crippen molar-refractivity contribution in [1.29, 1.82) is 0 Å². The zero-order valence-corrected chi connectivity index (χ0v) is 16.8. The topological polar surface area (TPSA) is 83.2 Å². The third-order valence-corrected chi connectivity index (χ3v) is 5.56. The smallest absolute Gasteiger partial charge is 0.475 e. The van der Waals surface area contributed by atoms with Gasteiger partial charge in [-0.3, -0.25) is 4.79 Å². The van der Waals surface area contributed by atoms with E-state index in [0.29, 0.717) is 11.7 Å². The third-order valence-electron chi connectivity index (χ3n) is 5.56. The summed E-state index contributed by atoms with van der Waals surface area (Å²) in [5.74, 6) is -0.979. The molecular weight excluding hydrogens is 393 g/mol. The number of likely N-dealkylation sites (tertiary alicyclic amines) is 2. The van der Waals surface area contributed by atoms with Gasteiger partial charge in [0, 0.05) is 44.6 Å². The highest BCUT2D eigenvalue weighted by molar-refractivity contribution is 5.91. The molecule has 0 aliphatic carbocycles. The molecule has 7 nitrogen and oxygen atoms in total. The van der Waals surface area contributed by atoms with Crippen molar-refractivity contribution in [2.75, 3.05) is 46.4 Å². The van der Waals surface area contributed by atoms with Gasteiger partial charge in [-0.15, -0.1) is 0 Å². The molecule has 2 atom stereocenters. The summed E-state index contributed by atoms with van der Waals surface area (Å²) in [5.41, 5.74) is 0.184. The second-order valence-electron chi connectivity index (χ2n) is 7.53. The first-order valence-electron chi connectivity index (χ1n) is 9.39. The van der Waals surface area contributed by atoms with E-state index in [1.54, 1.807) is 13.2 Å². The number of aryl methyl sites for hydroxylation is 1. The summed E-state index contributed by atoms with van der Waals surface area (Å²) in [6.45, 7) is 9.68. The molecule has 1 amide bonds. The predicted molar refractivity (Wildman–Crippen MR) is 97.6 cm³/mol. The molecule has 29 heavy (non-hydrogen) atoms. The Morgan fingerprint density at radius 1 is 1.34 bits per heavy atom. The van der Waals surface area contributed by atoms with Crippen LogP contribution in [0.15, 0.2) is 16.5 Å². The largest absolute Gasteiger partial charge is 0.490 e. The van der Waals surface area contributed by atoms with Crippen molar-refractivity contribution in [3.8, 4) is 0 Å². The Balaban J connectivity index is 0.000000370. The Labute approximate surface area is 167 Å². The number of rotatable bonds is 4. The van der Waals surface area contributed by atoms with Crippen molar-refractivity contribution in [3.05, 3.63) is 23.7 Å². The summed E-state index contributed by atoms with van der Waals surface area (Å²) in [6.07, 6.45) is -4.02. The molecule has 1 aromatic rings. The minimum absolute atomic E-state index is 0.0242. The molecule has 1 spiro atoms. The van der Waals surface area contributed by atoms with Crippen LogP contribution in [0.4, 0.5) is 13.2 Å². The zero-order valence-electron chi connectivity index (χ0n) is 16.8. The molecule has 2 aliphatic rings. The van der Waals surface area contributed by atoms with Crippen LogP contribution in [0.1, 0.15) is 29.7 Å². The number of amides is 1. The van der Waals surface area contributed by atoms with E-state index in [-0.39, 0.29) is 11.3 Å². The highest BCUT2D eigenvalue weighted by atomic mass is 19.4. The van der Waals surface area contributed by atoms with Crippen LogP contribution >= 0.6 is 0 Å². The van der Waals surface area contributed by atoms with Gasteiger partial charge in [0.15, 0.2) is 5.76 Å². The van der Waals surface area contributed by atoms with Crippen molar-refractivity contribution in [3.63, 3.8) is 0 Å². The van der Waals surface area contributed by atoms with Crippen LogP contribution < -0.4 is 0 Å². The summed E-state index contributed by atoms with van der Waals surface area (Å²) in [5, 5.41) is 7.12. The van der Waals surface area contributed by atoms with Gasteiger partial charge in [0.25, 0.3) is 5.91 Å². The zero-order chi connectivity index (χ0) is 21.8. The molecular formula is C19H27F3N2O5. The fourth-order valence-corrected chi connectivity index (χ4v) is 4.05. The fourth-order valence-electron chi connectivity index (χ4n) is 4.05. The maximum atomic E-state index is 12.6. The molecule has 0 radical (unpaired) electrons. The van der Waals surface area contributed by atoms with E-state index in [1.165, 1.54) is 0 Å². The highest BCUT2D eigenvalue weighted by Gasteiger charge is 2.51. The van der Waals surface area contributed by atoms with Crippen LogP contribution in [-0.2, 0) is 9.53 Å². The minimum atomic E-state index is -5.08. The molecule has 1 aromatic heterocycles. The Morgan fingerprint density at radius 2 is 2.00 bits per heavy atom. The maximum absolute atomic E-state index is 12.6. The first kappa shape index (κ1) is 23.2. The van der Waals surface area contributed by atoms with Gasteiger partial charge in [0.05, 0.1) is 6.61 Å². The number of alkyl halides is 3. The first-order valence-corrected chi connectivity index (χ1v) is 9.39. The van der Waals surface area contributed by atoms with Crippen molar-refractivity contribution in [2.24, 2.45) is 11.3 Å². The molecule has 10 heteroatoms. The lowest BCUT2D eigenvalue weighted by molar-refractivity contribution is -0.192. The van der Waals surface area contributed by atoms with Gasteiger partial charge < -0.3 is 24.1 Å². The molecule has 0 bridgehead atoms. The van der Waals surface area contributed by atoms with E-state index < -0.39 is 12.1 Å². The second kappa shape index (κ2) is 9.17. The van der Waals surface area contributed by atoms with E-state index in [9.17, 15) is 18.0 Å². The predicted octanol–water partition coefficient (Wildman–Crippen LogP) is 2.65. The normalized spacial score (nSPS) is 24.6. The number of hydrogen-bond acceptors (Lipinski definition) is 5. The van der Waals surface area contributed by atoms with Crippen LogP contribution in [0.2, 0.25) is 0 Å². The number of carboxylic acid groups (broad SMARTS) is 1. The number of methoxy groups -OCH3 is 1. The molecule has 1 N–H and O–H groups in total. The highest BCUT2D eigenvalue weighted by Crippen LogP contribution is 2.44. The quantitative estimate of drug-likeness (QED) is 0.807. The number of nitrogens with zero attached hydrogens (tertiary/aromatic N) is 2. The van der Waals surface area contributed by atoms with Gasteiger partial charge >= 0.3 is 12.1 Å². The number of halogens is 3. The van der Waals surface area contributed by atoms with E-state index in [1.807, 2.05) is 17.9 Å². The van der Waals surface area contributed by atoms with Crippen molar-refractivity contribution in [1.82, 2.24) is 9.80 Å². The van der Waals surface area contributed by atoms with E-state index >= 15 is 0 Å². The number of carbonyl (C=O) groups excluding carboxylic acids is 1. The lowest BCUT2D eigenvalue weighted by atomic mass is 9.77. The Bertz CT molecular complexity index is 721. The van der Waals surface area contributed by atoms with Gasteiger partial charge in [0.2, 0.25) is 0 Å². The lowest BCUT2D eigenvalue weighted by Gasteiger charge is -2.30. The Kier molecular flexibility index (Phi) is 7.34. The molecule has 0 unspecified atom stereocenters. The van der Waals surface area contributed by atoms with Gasteiger partial charge in [-0.1, -0.05) is 6.92 Å². The number of ether oxygens (including phenoxy) is 1. The summed E-state index contributed by atoms with van der Waals surface area (Å²) in [6, 6.07) is 3.63. The molecule has 164 valence electrons. The van der Waals surface area contributed by atoms with Crippen LogP contribution in [0.3, 0.4) is 0 Å². The van der Waals surface area contributed by atoms with Gasteiger partial charge in [-0.25, -0.2) is 4.79 Å². The molecule has 3 heterocycles. The average molecular weight is 420 g/mol. The van der Waals surface area contributed by atoms with Crippen LogP contribution in [-0.4, -0.2) is 79.4 Å². The minimum Gasteiger partial charge on any atom is -0.475 e. The number of furan rings is 1. The second-order valence-corrected chi connectivity index (χ2v) is 7.53. The maximum Gasteiger partial charge on any atom is 0.490 e. The average Bonchev–Trinajstić information content (AvgIpc) is 3.35. The SMILES string of the molecule is CCN1C[C@@H](COC)[C@]2(CCN(C(=O)c3ccc(C)o3)C2)C1.O=C(O)C(F)(F)F. The Hall–Kier alpha value is -2.07. The fraction of sp³-hybridized carbons (Fsp3) is 0.684. The Morgan fingerprint density at radius 3 is 2.48 bits per heavy atom. The first-order chi connectivity index (χ1) is 13.5. The van der Waals surface area contributed by atoms with E-state index in [4.69, 9.17) is 19.1 Å². The summed E-state index contributed by atoms with van der Waals surface area (Å²) >= 11 is 0. The number of hydrogen-bond donors (Lipinski definition) is 1. The van der Waals surface area contributed by atoms with Crippen molar-refractivity contribution < 1.29 is 37.0 Å². The van der Waals surface area contributed by atoms with Crippen molar-refractivity contribution >= 4 is 11.9 Å². The molecule has 0 saturated carbocycles. The van der Waals surface area contributed by atoms with Crippen LogP contribution in [0.25, 0.3) is 0 Å². The summed E-state index contributed by atoms with van der Waals surface area (Å²) in [7, 11) is 1.77. The van der Waals surface area contributed by atoms with Crippen LogP contribution in [0.5, 0.6) is 0 Å². The van der Waals surface area contributed by atoms with Crippen molar-refractivity contribution in [2.45, 2.75) is 26.4 Å². The number of carbonyl (C=O) groups is 2. The summed E-state index contributed by atoms with van der Waals surface area (Å²) in [4.78, 5) is 25.9. The third kappa shape index (κ3) is 5.51. The molecule has 2 aliphatic heterocycles. The van der Waals surface area contributed by atoms with E-state index in [2.05, 4.69) is 11.8 Å². The van der Waals surface area contributed by atoms with E-state index in [0.717, 1.165) is 51.5 Å². The molecule has 2 fully saturated rings. The molecule has 2 saturated heterocycles. The molecule has 0 aromatic carbocycles. The molecule has 3 rings (SSSR count). The van der Waals surface area contributed by atoms with Crippen LogP contribution in [0, 0.1) is 18.3 Å². The number of aliphatic carboxylic acids is 1. The van der Waals surface area contributed by atoms with Gasteiger partial charge in [-0.2, -0.15) is 13.2 Å². The summed E-state index contributed by atoms with van der Waals surface area (Å²) < 4.78 is 42.7. The monoisotopic (exact) mass is 420 g/mol. The standard InChI is InChI=1S/C17H26N2O3.C2HF3O2/c1-4-18-9-14(10-21-3)17(11-18)7-8-19(12-17)16(20)15-6-5-13(2)22-15;3-2(4,5)1(6)7/h5-6,14H,4,7-12H2,1-3H3;(H,6,7)/t14-,17+;/m0./s1. The number of carboxylic acids is 1. The van der Waals surface area contributed by atoms with Gasteiger partial charge in [-0.05, 0) is 32.0 Å².